The Morgan fingerprint density at radius 1 is 1.46 bits per heavy atom. The van der Waals surface area contributed by atoms with E-state index in [2.05, 4.69) is 9.97 Å². The van der Waals surface area contributed by atoms with Crippen LogP contribution in [0.15, 0.2) is 30.6 Å². The molecule has 0 unspecified atom stereocenters. The van der Waals surface area contributed by atoms with Crippen molar-refractivity contribution >= 4 is 23.4 Å². The molecule has 2 rings (SSSR count). The van der Waals surface area contributed by atoms with Gasteiger partial charge in [-0.1, -0.05) is 6.08 Å². The zero-order chi connectivity index (χ0) is 9.10. The average Bonchev–Trinajstić information content (AvgIpc) is 2.61. The van der Waals surface area contributed by atoms with Gasteiger partial charge >= 0.3 is 0 Å². The molecule has 1 N–H and O–H groups in total. The lowest BCUT2D eigenvalue weighted by Gasteiger charge is -1.91. The number of carbonyl (C=O) groups is 1. The molecule has 0 aliphatic carbocycles. The lowest BCUT2D eigenvalue weighted by atomic mass is 10.2. The van der Waals surface area contributed by atoms with Crippen LogP contribution in [0.2, 0.25) is 0 Å². The van der Waals surface area contributed by atoms with E-state index in [1.54, 1.807) is 12.3 Å². The molecule has 3 nitrogen and oxygen atoms in total. The molecule has 0 aliphatic rings. The number of allylic oxidation sites excluding steroid dienone is 1. The van der Waals surface area contributed by atoms with Crippen LogP contribution in [-0.4, -0.2) is 16.3 Å². The summed E-state index contributed by atoms with van der Waals surface area (Å²) in [5.74, 6) is 0. The molecule has 0 amide bonds. The zero-order valence-corrected chi connectivity index (χ0v) is 6.90. The van der Waals surface area contributed by atoms with Gasteiger partial charge in [0.15, 0.2) is 0 Å². The third kappa shape index (κ3) is 1.49. The third-order valence-electron chi connectivity index (χ3n) is 1.79. The molecule has 0 spiro atoms. The Balaban J connectivity index is 2.47. The standard InChI is InChI=1S/C10H8N2O/c13-5-1-2-8-6-9-3-4-11-10(9)12-7-8/h1-7H,(H,11,12). The van der Waals surface area contributed by atoms with Crippen LogP contribution in [0.25, 0.3) is 17.1 Å². The zero-order valence-electron chi connectivity index (χ0n) is 6.90. The van der Waals surface area contributed by atoms with Crippen molar-refractivity contribution in [3.8, 4) is 0 Å². The van der Waals surface area contributed by atoms with Crippen LogP contribution < -0.4 is 0 Å². The molecule has 3 heteroatoms. The second kappa shape index (κ2) is 3.23. The number of pyridine rings is 1. The minimum Gasteiger partial charge on any atom is -0.346 e. The summed E-state index contributed by atoms with van der Waals surface area (Å²) in [5.41, 5.74) is 1.79. The van der Waals surface area contributed by atoms with Crippen molar-refractivity contribution in [2.75, 3.05) is 0 Å². The van der Waals surface area contributed by atoms with Crippen LogP contribution >= 0.6 is 0 Å². The lowest BCUT2D eigenvalue weighted by molar-refractivity contribution is -0.104. The van der Waals surface area contributed by atoms with Gasteiger partial charge in [-0.15, -0.1) is 0 Å². The molecule has 64 valence electrons. The number of nitrogens with zero attached hydrogens (tertiary/aromatic N) is 1. The number of rotatable bonds is 2. The van der Waals surface area contributed by atoms with E-state index in [0.717, 1.165) is 22.9 Å². The normalized spacial score (nSPS) is 11.1. The van der Waals surface area contributed by atoms with Crippen LogP contribution in [-0.2, 0) is 4.79 Å². The molecule has 0 fully saturated rings. The first-order valence-electron chi connectivity index (χ1n) is 3.95. The maximum atomic E-state index is 10.1. The number of nitrogens with one attached hydrogen (secondary N) is 1. The van der Waals surface area contributed by atoms with E-state index in [1.807, 2.05) is 18.3 Å². The fourth-order valence-electron chi connectivity index (χ4n) is 1.20. The number of hydrogen-bond donors (Lipinski definition) is 1. The topological polar surface area (TPSA) is 45.8 Å². The number of aldehydes is 1. The van der Waals surface area contributed by atoms with E-state index < -0.39 is 0 Å². The number of hydrogen-bond acceptors (Lipinski definition) is 2. The summed E-state index contributed by atoms with van der Waals surface area (Å²) in [5, 5.41) is 1.05. The van der Waals surface area contributed by atoms with Gasteiger partial charge in [0, 0.05) is 17.8 Å². The number of H-pyrrole nitrogens is 1. The Kier molecular flexibility index (Phi) is 1.92. The second-order valence-electron chi connectivity index (χ2n) is 2.68. The fraction of sp³-hybridized carbons (Fsp3) is 0. The number of aromatic amines is 1. The lowest BCUT2D eigenvalue weighted by Crippen LogP contribution is -1.78. The van der Waals surface area contributed by atoms with Crippen LogP contribution in [0.5, 0.6) is 0 Å². The Morgan fingerprint density at radius 3 is 3.23 bits per heavy atom. The van der Waals surface area contributed by atoms with Gasteiger partial charge in [-0.25, -0.2) is 4.98 Å². The molecule has 2 aromatic rings. The van der Waals surface area contributed by atoms with E-state index in [4.69, 9.17) is 0 Å². The summed E-state index contributed by atoms with van der Waals surface area (Å²) in [6.07, 6.45) is 7.49. The van der Waals surface area contributed by atoms with E-state index >= 15 is 0 Å². The molecule has 13 heavy (non-hydrogen) atoms. The monoisotopic (exact) mass is 172 g/mol. The first kappa shape index (κ1) is 7.73. The highest BCUT2D eigenvalue weighted by Crippen LogP contribution is 2.11. The molecule has 0 aromatic carbocycles. The van der Waals surface area contributed by atoms with Crippen LogP contribution in [0.1, 0.15) is 5.56 Å². The predicted molar refractivity (Wildman–Crippen MR) is 51.2 cm³/mol. The van der Waals surface area contributed by atoms with Crippen LogP contribution in [0.4, 0.5) is 0 Å². The van der Waals surface area contributed by atoms with Crippen molar-refractivity contribution in [1.82, 2.24) is 9.97 Å². The molecular formula is C10H8N2O. The molecule has 0 saturated carbocycles. The van der Waals surface area contributed by atoms with Crippen LogP contribution in [0, 0.1) is 0 Å². The summed E-state index contributed by atoms with van der Waals surface area (Å²) >= 11 is 0. The summed E-state index contributed by atoms with van der Waals surface area (Å²) in [7, 11) is 0. The summed E-state index contributed by atoms with van der Waals surface area (Å²) in [6.45, 7) is 0. The Bertz CT molecular complexity index is 457. The quantitative estimate of drug-likeness (QED) is 0.554. The van der Waals surface area contributed by atoms with Crippen molar-refractivity contribution in [1.29, 1.82) is 0 Å². The molecule has 0 saturated heterocycles. The second-order valence-corrected chi connectivity index (χ2v) is 2.68. The Hall–Kier alpha value is -1.90. The van der Waals surface area contributed by atoms with Crippen molar-refractivity contribution in [3.05, 3.63) is 36.2 Å². The highest BCUT2D eigenvalue weighted by Gasteiger charge is 1.94. The van der Waals surface area contributed by atoms with Gasteiger partial charge in [-0.05, 0) is 23.8 Å². The Morgan fingerprint density at radius 2 is 2.38 bits per heavy atom. The summed E-state index contributed by atoms with van der Waals surface area (Å²) < 4.78 is 0. The molecule has 0 radical (unpaired) electrons. The maximum absolute atomic E-state index is 10.1. The first-order valence-corrected chi connectivity index (χ1v) is 3.95. The fourth-order valence-corrected chi connectivity index (χ4v) is 1.20. The van der Waals surface area contributed by atoms with Gasteiger partial charge in [0.1, 0.15) is 11.9 Å². The average molecular weight is 172 g/mol. The van der Waals surface area contributed by atoms with Crippen molar-refractivity contribution in [2.45, 2.75) is 0 Å². The van der Waals surface area contributed by atoms with Gasteiger partial charge in [-0.3, -0.25) is 4.79 Å². The molecule has 0 bridgehead atoms. The van der Waals surface area contributed by atoms with Crippen molar-refractivity contribution in [3.63, 3.8) is 0 Å². The number of fused-ring (bicyclic) bond motifs is 1. The van der Waals surface area contributed by atoms with Crippen LogP contribution in [0.3, 0.4) is 0 Å². The number of aromatic nitrogens is 2. The van der Waals surface area contributed by atoms with Gasteiger partial charge < -0.3 is 4.98 Å². The molecule has 0 atom stereocenters. The van der Waals surface area contributed by atoms with Gasteiger partial charge in [0.25, 0.3) is 0 Å². The minimum atomic E-state index is 0.751. The van der Waals surface area contributed by atoms with E-state index in [0.29, 0.717) is 0 Å². The SMILES string of the molecule is O=CC=Cc1cnc2[nH]ccc2c1. The smallest absolute Gasteiger partial charge is 0.142 e. The molecule has 2 aromatic heterocycles. The molecular weight excluding hydrogens is 164 g/mol. The van der Waals surface area contributed by atoms with Gasteiger partial charge in [0.2, 0.25) is 0 Å². The maximum Gasteiger partial charge on any atom is 0.142 e. The minimum absolute atomic E-state index is 0.751. The predicted octanol–water partition coefficient (Wildman–Crippen LogP) is 1.77. The summed E-state index contributed by atoms with van der Waals surface area (Å²) in [4.78, 5) is 17.2. The van der Waals surface area contributed by atoms with Crippen molar-refractivity contribution < 1.29 is 4.79 Å². The van der Waals surface area contributed by atoms with E-state index in [9.17, 15) is 4.79 Å². The van der Waals surface area contributed by atoms with E-state index in [-0.39, 0.29) is 0 Å². The highest BCUT2D eigenvalue weighted by molar-refractivity contribution is 5.80. The first-order chi connectivity index (χ1) is 6.40. The van der Waals surface area contributed by atoms with Crippen molar-refractivity contribution in [2.24, 2.45) is 0 Å². The molecule has 2 heterocycles. The summed E-state index contributed by atoms with van der Waals surface area (Å²) in [6, 6.07) is 3.92. The van der Waals surface area contributed by atoms with Gasteiger partial charge in [0.05, 0.1) is 0 Å². The Labute approximate surface area is 75.1 Å². The van der Waals surface area contributed by atoms with E-state index in [1.165, 1.54) is 6.08 Å². The largest absolute Gasteiger partial charge is 0.346 e. The molecule has 0 aliphatic heterocycles. The highest BCUT2D eigenvalue weighted by atomic mass is 16.1. The number of carbonyl (C=O) groups excluding carboxylic acids is 1. The third-order valence-corrected chi connectivity index (χ3v) is 1.79. The van der Waals surface area contributed by atoms with Gasteiger partial charge in [-0.2, -0.15) is 0 Å².